The van der Waals surface area contributed by atoms with Crippen LogP contribution >= 0.6 is 11.3 Å². The first kappa shape index (κ1) is 26.9. The van der Waals surface area contributed by atoms with Gasteiger partial charge in [-0.3, -0.25) is 14.2 Å². The summed E-state index contributed by atoms with van der Waals surface area (Å²) in [6, 6.07) is 22.7. The van der Waals surface area contributed by atoms with Crippen LogP contribution in [0.3, 0.4) is 0 Å². The molecule has 0 aliphatic carbocycles. The summed E-state index contributed by atoms with van der Waals surface area (Å²) >= 11 is 1.18. The molecule has 0 N–H and O–H groups in total. The van der Waals surface area contributed by atoms with E-state index in [1.807, 2.05) is 48.5 Å². The lowest BCUT2D eigenvalue weighted by molar-refractivity contribution is -0.165. The number of benzene rings is 3. The van der Waals surface area contributed by atoms with Crippen LogP contribution in [0.2, 0.25) is 0 Å². The predicted octanol–water partition coefficient (Wildman–Crippen LogP) is 5.46. The zero-order valence-corrected chi connectivity index (χ0v) is 22.6. The van der Waals surface area contributed by atoms with Gasteiger partial charge in [0.25, 0.3) is 0 Å². The van der Waals surface area contributed by atoms with Crippen LogP contribution in [0.1, 0.15) is 31.9 Å². The number of rotatable bonds is 11. The Kier molecular flexibility index (Phi) is 8.81. The van der Waals surface area contributed by atoms with E-state index in [9.17, 15) is 9.59 Å². The predicted molar refractivity (Wildman–Crippen MR) is 148 cm³/mol. The second kappa shape index (κ2) is 12.4. The van der Waals surface area contributed by atoms with Gasteiger partial charge in [0.15, 0.2) is 0 Å². The Hall–Kier alpha value is -4.11. The second-order valence-electron chi connectivity index (χ2n) is 8.79. The Balaban J connectivity index is 1.43. The highest BCUT2D eigenvalue weighted by molar-refractivity contribution is 7.16. The summed E-state index contributed by atoms with van der Waals surface area (Å²) in [5.41, 5.74) is 3.31. The third-order valence-corrected chi connectivity index (χ3v) is 6.56. The molecule has 8 nitrogen and oxygen atoms in total. The summed E-state index contributed by atoms with van der Waals surface area (Å²) in [4.78, 5) is 29.6. The number of nitrogens with zero attached hydrogens (tertiary/aromatic N) is 2. The number of oxime groups is 1. The van der Waals surface area contributed by atoms with Crippen molar-refractivity contribution in [1.82, 2.24) is 4.57 Å². The molecular formula is C29H30N2O6S. The molecule has 3 aromatic carbocycles. The van der Waals surface area contributed by atoms with Gasteiger partial charge < -0.3 is 19.0 Å². The fourth-order valence-electron chi connectivity index (χ4n) is 3.79. The van der Waals surface area contributed by atoms with Crippen molar-refractivity contribution in [2.45, 2.75) is 33.6 Å². The fraction of sp³-hybridized carbons (Fsp3) is 0.276. The fourth-order valence-corrected chi connectivity index (χ4v) is 4.75. The van der Waals surface area contributed by atoms with Gasteiger partial charge in [-0.05, 0) is 24.3 Å². The van der Waals surface area contributed by atoms with E-state index in [0.717, 1.165) is 21.3 Å². The number of carbonyl (C=O) groups excluding carboxylic acids is 1. The molecule has 0 aliphatic rings. The van der Waals surface area contributed by atoms with E-state index < -0.39 is 6.29 Å². The highest BCUT2D eigenvalue weighted by Crippen LogP contribution is 2.23. The van der Waals surface area contributed by atoms with E-state index in [-0.39, 0.29) is 23.4 Å². The minimum Gasteiger partial charge on any atom is -0.492 e. The van der Waals surface area contributed by atoms with Crippen LogP contribution in [0.15, 0.2) is 82.7 Å². The number of hydrogen-bond donors (Lipinski definition) is 0. The second-order valence-corrected chi connectivity index (χ2v) is 9.78. The Morgan fingerprint density at radius 3 is 2.45 bits per heavy atom. The van der Waals surface area contributed by atoms with Crippen LogP contribution in [0.4, 0.5) is 0 Å². The molecule has 0 spiro atoms. The molecule has 4 rings (SSSR count). The minimum absolute atomic E-state index is 0.0661. The Bertz CT molecular complexity index is 1480. The van der Waals surface area contributed by atoms with Crippen LogP contribution in [0.5, 0.6) is 11.5 Å². The lowest BCUT2D eigenvalue weighted by atomic mass is 10.0. The first-order chi connectivity index (χ1) is 18.4. The summed E-state index contributed by atoms with van der Waals surface area (Å²) in [6.07, 6.45) is -0.725. The molecule has 1 unspecified atom stereocenters. The third kappa shape index (κ3) is 6.60. The molecule has 0 saturated heterocycles. The smallest absolute Gasteiger partial charge is 0.311 e. The van der Waals surface area contributed by atoms with Crippen molar-refractivity contribution in [2.75, 3.05) is 13.7 Å². The Morgan fingerprint density at radius 2 is 1.71 bits per heavy atom. The van der Waals surface area contributed by atoms with Gasteiger partial charge in [-0.25, -0.2) is 0 Å². The standard InChI is InChI=1S/C29H30N2O6S/c1-19(2)28(32)37-20(3)36-24-12-8-11-23(18-24)35-16-15-31-25-14-13-22(17-26(25)38-29(31)33)27(30-34-4)21-9-6-5-7-10-21/h5-14,17-20H,15-16H2,1-4H3. The largest absolute Gasteiger partial charge is 0.492 e. The normalized spacial score (nSPS) is 12.4. The lowest BCUT2D eigenvalue weighted by Crippen LogP contribution is -2.23. The number of hydrogen-bond acceptors (Lipinski definition) is 8. The SMILES string of the molecule is CON=C(c1ccccc1)c1ccc2c(c1)sc(=O)n2CCOc1cccc(OC(C)OC(=O)C(C)C)c1. The summed E-state index contributed by atoms with van der Waals surface area (Å²) in [6.45, 7) is 5.86. The Labute approximate surface area is 225 Å². The van der Waals surface area contributed by atoms with Crippen molar-refractivity contribution >= 4 is 33.2 Å². The van der Waals surface area contributed by atoms with Crippen molar-refractivity contribution in [3.8, 4) is 11.5 Å². The third-order valence-electron chi connectivity index (χ3n) is 5.62. The van der Waals surface area contributed by atoms with E-state index in [0.29, 0.717) is 23.8 Å². The van der Waals surface area contributed by atoms with Gasteiger partial charge in [0.2, 0.25) is 6.29 Å². The molecule has 1 heterocycles. The molecule has 0 bridgehead atoms. The van der Waals surface area contributed by atoms with E-state index >= 15 is 0 Å². The quantitative estimate of drug-likeness (QED) is 0.110. The molecule has 0 aliphatic heterocycles. The topological polar surface area (TPSA) is 88.3 Å². The summed E-state index contributed by atoms with van der Waals surface area (Å²) in [7, 11) is 1.51. The first-order valence-electron chi connectivity index (χ1n) is 12.3. The molecule has 198 valence electrons. The molecular weight excluding hydrogens is 504 g/mol. The first-order valence-corrected chi connectivity index (χ1v) is 13.1. The molecule has 0 amide bonds. The number of ether oxygens (including phenoxy) is 3. The summed E-state index contributed by atoms with van der Waals surface area (Å²) < 4.78 is 19.4. The zero-order chi connectivity index (χ0) is 27.1. The number of esters is 1. The number of aromatic nitrogens is 1. The van der Waals surface area contributed by atoms with Crippen LogP contribution in [-0.4, -0.2) is 36.3 Å². The number of carbonyl (C=O) groups is 1. The van der Waals surface area contributed by atoms with Crippen molar-refractivity contribution in [3.05, 3.63) is 93.6 Å². The highest BCUT2D eigenvalue weighted by atomic mass is 32.1. The monoisotopic (exact) mass is 534 g/mol. The molecule has 38 heavy (non-hydrogen) atoms. The molecule has 0 saturated carbocycles. The maximum Gasteiger partial charge on any atom is 0.311 e. The molecule has 0 fully saturated rings. The average Bonchev–Trinajstić information content (AvgIpc) is 3.22. The van der Waals surface area contributed by atoms with Crippen molar-refractivity contribution < 1.29 is 23.8 Å². The van der Waals surface area contributed by atoms with Gasteiger partial charge in [0.05, 0.1) is 22.7 Å². The molecule has 1 aromatic heterocycles. The van der Waals surface area contributed by atoms with E-state index in [1.165, 1.54) is 18.4 Å². The van der Waals surface area contributed by atoms with Gasteiger partial charge in [0.1, 0.15) is 30.9 Å². The number of fused-ring (bicyclic) bond motifs is 1. The van der Waals surface area contributed by atoms with E-state index in [2.05, 4.69) is 5.16 Å². The van der Waals surface area contributed by atoms with Crippen LogP contribution < -0.4 is 14.3 Å². The van der Waals surface area contributed by atoms with Crippen LogP contribution in [-0.2, 0) is 20.9 Å². The van der Waals surface area contributed by atoms with Crippen LogP contribution in [0.25, 0.3) is 10.2 Å². The van der Waals surface area contributed by atoms with Gasteiger partial charge in [0, 0.05) is 24.1 Å². The molecule has 4 aromatic rings. The minimum atomic E-state index is -0.725. The van der Waals surface area contributed by atoms with E-state index in [4.69, 9.17) is 19.0 Å². The van der Waals surface area contributed by atoms with Gasteiger partial charge in [-0.1, -0.05) is 72.8 Å². The molecule has 1 atom stereocenters. The van der Waals surface area contributed by atoms with Gasteiger partial charge in [-0.2, -0.15) is 0 Å². The van der Waals surface area contributed by atoms with Gasteiger partial charge >= 0.3 is 10.8 Å². The van der Waals surface area contributed by atoms with Crippen LogP contribution in [0, 0.1) is 5.92 Å². The molecule has 0 radical (unpaired) electrons. The van der Waals surface area contributed by atoms with Crippen molar-refractivity contribution in [1.29, 1.82) is 0 Å². The number of thiazole rings is 1. The lowest BCUT2D eigenvalue weighted by Gasteiger charge is -2.17. The molecule has 9 heteroatoms. The summed E-state index contributed by atoms with van der Waals surface area (Å²) in [5.74, 6) is 0.545. The Morgan fingerprint density at radius 1 is 0.947 bits per heavy atom. The van der Waals surface area contributed by atoms with Gasteiger partial charge in [-0.15, -0.1) is 0 Å². The average molecular weight is 535 g/mol. The van der Waals surface area contributed by atoms with Crippen molar-refractivity contribution in [2.24, 2.45) is 11.1 Å². The highest BCUT2D eigenvalue weighted by Gasteiger charge is 2.15. The maximum absolute atomic E-state index is 12.8. The zero-order valence-electron chi connectivity index (χ0n) is 21.7. The van der Waals surface area contributed by atoms with E-state index in [1.54, 1.807) is 49.6 Å². The van der Waals surface area contributed by atoms with Crippen molar-refractivity contribution in [3.63, 3.8) is 0 Å². The maximum atomic E-state index is 12.8. The summed E-state index contributed by atoms with van der Waals surface area (Å²) in [5, 5.41) is 4.21.